The Morgan fingerprint density at radius 3 is 2.88 bits per heavy atom. The summed E-state index contributed by atoms with van der Waals surface area (Å²) in [5.41, 5.74) is 6.99. The highest BCUT2D eigenvalue weighted by Gasteiger charge is 2.18. The number of hydrogen-bond acceptors (Lipinski definition) is 3. The maximum atomic E-state index is 5.77. The molecule has 1 fully saturated rings. The van der Waals surface area contributed by atoms with Gasteiger partial charge in [0.05, 0.1) is 12.8 Å². The van der Waals surface area contributed by atoms with E-state index >= 15 is 0 Å². The number of nitrogens with two attached hydrogens (primary N) is 1. The van der Waals surface area contributed by atoms with Gasteiger partial charge in [-0.05, 0) is 43.9 Å². The molecule has 0 spiro atoms. The van der Waals surface area contributed by atoms with Crippen molar-refractivity contribution in [1.29, 1.82) is 0 Å². The van der Waals surface area contributed by atoms with Gasteiger partial charge in [0.25, 0.3) is 0 Å². The van der Waals surface area contributed by atoms with E-state index in [1.165, 1.54) is 24.9 Å². The van der Waals surface area contributed by atoms with Crippen LogP contribution >= 0.6 is 0 Å². The second-order valence-corrected chi connectivity index (χ2v) is 4.69. The van der Waals surface area contributed by atoms with Crippen molar-refractivity contribution in [2.45, 2.75) is 19.3 Å². The second kappa shape index (κ2) is 5.92. The highest BCUT2D eigenvalue weighted by molar-refractivity contribution is 5.58. The number of rotatable bonds is 3. The van der Waals surface area contributed by atoms with E-state index in [1.807, 2.05) is 12.1 Å². The Morgan fingerprint density at radius 2 is 2.12 bits per heavy atom. The van der Waals surface area contributed by atoms with Crippen LogP contribution in [0.5, 0.6) is 5.75 Å². The van der Waals surface area contributed by atoms with Crippen molar-refractivity contribution in [2.24, 2.45) is 11.7 Å². The summed E-state index contributed by atoms with van der Waals surface area (Å²) in [6.07, 6.45) is 3.66. The molecule has 2 rings (SSSR count). The molecule has 94 valence electrons. The molecule has 0 amide bonds. The molecular formula is C14H22N2O. The number of nitrogens with zero attached hydrogens (tertiary/aromatic N) is 1. The fourth-order valence-electron chi connectivity index (χ4n) is 2.53. The van der Waals surface area contributed by atoms with Crippen molar-refractivity contribution in [2.75, 3.05) is 31.6 Å². The van der Waals surface area contributed by atoms with Gasteiger partial charge in [0.2, 0.25) is 0 Å². The summed E-state index contributed by atoms with van der Waals surface area (Å²) in [6, 6.07) is 8.26. The zero-order valence-corrected chi connectivity index (χ0v) is 10.6. The van der Waals surface area contributed by atoms with Crippen LogP contribution in [0.3, 0.4) is 0 Å². The van der Waals surface area contributed by atoms with Gasteiger partial charge >= 0.3 is 0 Å². The number of benzene rings is 1. The third kappa shape index (κ3) is 2.91. The first kappa shape index (κ1) is 12.2. The van der Waals surface area contributed by atoms with Gasteiger partial charge in [-0.3, -0.25) is 0 Å². The fraction of sp³-hybridized carbons (Fsp3) is 0.571. The first-order valence-corrected chi connectivity index (χ1v) is 6.43. The smallest absolute Gasteiger partial charge is 0.142 e. The summed E-state index contributed by atoms with van der Waals surface area (Å²) in [7, 11) is 1.74. The van der Waals surface area contributed by atoms with Gasteiger partial charge in [0.1, 0.15) is 5.75 Å². The first-order valence-electron chi connectivity index (χ1n) is 6.43. The molecule has 1 saturated heterocycles. The Hall–Kier alpha value is -1.22. The number of methoxy groups -OCH3 is 1. The Bertz CT molecular complexity index is 354. The molecule has 17 heavy (non-hydrogen) atoms. The Labute approximate surface area is 104 Å². The normalized spacial score (nSPS) is 21.1. The molecular weight excluding hydrogens is 212 g/mol. The summed E-state index contributed by atoms with van der Waals surface area (Å²) >= 11 is 0. The van der Waals surface area contributed by atoms with Gasteiger partial charge in [0.15, 0.2) is 0 Å². The first-order chi connectivity index (χ1) is 8.35. The maximum absolute atomic E-state index is 5.77. The van der Waals surface area contributed by atoms with Crippen molar-refractivity contribution < 1.29 is 4.74 Å². The van der Waals surface area contributed by atoms with E-state index in [0.717, 1.165) is 25.4 Å². The molecule has 1 aliphatic rings. The van der Waals surface area contributed by atoms with E-state index in [4.69, 9.17) is 10.5 Å². The van der Waals surface area contributed by atoms with Gasteiger partial charge in [-0.15, -0.1) is 0 Å². The van der Waals surface area contributed by atoms with Crippen LogP contribution in [0.25, 0.3) is 0 Å². The lowest BCUT2D eigenvalue weighted by Crippen LogP contribution is -2.25. The lowest BCUT2D eigenvalue weighted by Gasteiger charge is -2.24. The van der Waals surface area contributed by atoms with Crippen molar-refractivity contribution in [3.63, 3.8) is 0 Å². The SMILES string of the molecule is COc1ccccc1N1CCCC(CN)CC1. The lowest BCUT2D eigenvalue weighted by atomic mass is 10.0. The standard InChI is InChI=1S/C14H22N2O/c1-17-14-7-3-2-6-13(14)16-9-4-5-12(11-15)8-10-16/h2-3,6-7,12H,4-5,8-11,15H2,1H3. The molecule has 2 N–H and O–H groups in total. The van der Waals surface area contributed by atoms with E-state index < -0.39 is 0 Å². The lowest BCUT2D eigenvalue weighted by molar-refractivity contribution is 0.414. The third-order valence-corrected chi connectivity index (χ3v) is 3.61. The van der Waals surface area contributed by atoms with Gasteiger partial charge in [-0.1, -0.05) is 12.1 Å². The van der Waals surface area contributed by atoms with E-state index in [2.05, 4.69) is 17.0 Å². The van der Waals surface area contributed by atoms with E-state index in [9.17, 15) is 0 Å². The van der Waals surface area contributed by atoms with Crippen LogP contribution in [0.15, 0.2) is 24.3 Å². The zero-order valence-electron chi connectivity index (χ0n) is 10.6. The van der Waals surface area contributed by atoms with Gasteiger partial charge < -0.3 is 15.4 Å². The van der Waals surface area contributed by atoms with Crippen LogP contribution in [0, 0.1) is 5.92 Å². The largest absolute Gasteiger partial charge is 0.495 e. The molecule has 1 aliphatic heterocycles. The average Bonchev–Trinajstić information content (AvgIpc) is 2.63. The molecule has 0 saturated carbocycles. The minimum absolute atomic E-state index is 0.690. The summed E-state index contributed by atoms with van der Waals surface area (Å²) in [6.45, 7) is 3.01. The van der Waals surface area contributed by atoms with E-state index in [0.29, 0.717) is 5.92 Å². The Kier molecular flexibility index (Phi) is 4.26. The van der Waals surface area contributed by atoms with Crippen LogP contribution in [-0.2, 0) is 0 Å². The summed E-state index contributed by atoms with van der Waals surface area (Å²) in [4.78, 5) is 2.43. The third-order valence-electron chi connectivity index (χ3n) is 3.61. The van der Waals surface area contributed by atoms with Crippen molar-refractivity contribution in [3.8, 4) is 5.75 Å². The summed E-state index contributed by atoms with van der Waals surface area (Å²) in [5, 5.41) is 0. The topological polar surface area (TPSA) is 38.5 Å². The monoisotopic (exact) mass is 234 g/mol. The van der Waals surface area contributed by atoms with E-state index in [1.54, 1.807) is 7.11 Å². The number of anilines is 1. The molecule has 1 aromatic carbocycles. The fourth-order valence-corrected chi connectivity index (χ4v) is 2.53. The number of hydrogen-bond donors (Lipinski definition) is 1. The minimum atomic E-state index is 0.690. The van der Waals surface area contributed by atoms with Crippen molar-refractivity contribution >= 4 is 5.69 Å². The molecule has 3 heteroatoms. The zero-order chi connectivity index (χ0) is 12.1. The molecule has 0 aromatic heterocycles. The Morgan fingerprint density at radius 1 is 1.29 bits per heavy atom. The van der Waals surface area contributed by atoms with E-state index in [-0.39, 0.29) is 0 Å². The van der Waals surface area contributed by atoms with Gasteiger partial charge in [0, 0.05) is 13.1 Å². The molecule has 1 heterocycles. The van der Waals surface area contributed by atoms with Crippen LogP contribution in [0.2, 0.25) is 0 Å². The van der Waals surface area contributed by atoms with Gasteiger partial charge in [-0.25, -0.2) is 0 Å². The minimum Gasteiger partial charge on any atom is -0.495 e. The molecule has 0 radical (unpaired) electrons. The highest BCUT2D eigenvalue weighted by Crippen LogP contribution is 2.30. The predicted octanol–water partition coefficient (Wildman–Crippen LogP) is 2.26. The maximum Gasteiger partial charge on any atom is 0.142 e. The molecule has 1 aromatic rings. The average molecular weight is 234 g/mol. The summed E-state index contributed by atoms with van der Waals surface area (Å²) < 4.78 is 5.43. The quantitative estimate of drug-likeness (QED) is 0.872. The Balaban J connectivity index is 2.11. The molecule has 3 nitrogen and oxygen atoms in total. The van der Waals surface area contributed by atoms with Gasteiger partial charge in [-0.2, -0.15) is 0 Å². The highest BCUT2D eigenvalue weighted by atomic mass is 16.5. The van der Waals surface area contributed by atoms with Crippen LogP contribution in [0.1, 0.15) is 19.3 Å². The van der Waals surface area contributed by atoms with Crippen molar-refractivity contribution in [3.05, 3.63) is 24.3 Å². The van der Waals surface area contributed by atoms with Crippen LogP contribution < -0.4 is 15.4 Å². The van der Waals surface area contributed by atoms with Crippen molar-refractivity contribution in [1.82, 2.24) is 0 Å². The predicted molar refractivity (Wildman–Crippen MR) is 71.6 cm³/mol. The van der Waals surface area contributed by atoms with Crippen LogP contribution in [-0.4, -0.2) is 26.7 Å². The molecule has 1 atom stereocenters. The molecule has 0 aliphatic carbocycles. The number of ether oxygens (including phenoxy) is 1. The number of para-hydroxylation sites is 2. The summed E-state index contributed by atoms with van der Waals surface area (Å²) in [5.74, 6) is 1.66. The molecule has 1 unspecified atom stereocenters. The second-order valence-electron chi connectivity index (χ2n) is 4.69. The molecule has 0 bridgehead atoms. The van der Waals surface area contributed by atoms with Crippen LogP contribution in [0.4, 0.5) is 5.69 Å².